The van der Waals surface area contributed by atoms with E-state index in [0.29, 0.717) is 16.7 Å². The number of aryl methyl sites for hydroxylation is 1. The van der Waals surface area contributed by atoms with Crippen molar-refractivity contribution < 1.29 is 4.39 Å². The molecule has 2 rings (SSSR count). The van der Waals surface area contributed by atoms with Gasteiger partial charge < -0.3 is 5.73 Å². The van der Waals surface area contributed by atoms with Crippen LogP contribution >= 0.6 is 0 Å². The summed E-state index contributed by atoms with van der Waals surface area (Å²) in [6, 6.07) is 6.68. The maximum Gasteiger partial charge on any atom is 0.132 e. The van der Waals surface area contributed by atoms with Crippen LogP contribution in [0.1, 0.15) is 12.5 Å². The molecule has 14 heavy (non-hydrogen) atoms. The minimum Gasteiger partial charge on any atom is -0.384 e. The molecule has 0 radical (unpaired) electrons. The Bertz CT molecular complexity index is 480. The van der Waals surface area contributed by atoms with E-state index >= 15 is 0 Å². The van der Waals surface area contributed by atoms with Crippen molar-refractivity contribution in [3.8, 4) is 0 Å². The SMILES string of the molecule is CCc1cc(F)c2ccc(N)nc2c1. The summed E-state index contributed by atoms with van der Waals surface area (Å²) in [4.78, 5) is 4.08. The van der Waals surface area contributed by atoms with E-state index in [1.165, 1.54) is 0 Å². The summed E-state index contributed by atoms with van der Waals surface area (Å²) in [5.41, 5.74) is 7.10. The Labute approximate surface area is 81.6 Å². The van der Waals surface area contributed by atoms with Gasteiger partial charge in [-0.25, -0.2) is 9.37 Å². The topological polar surface area (TPSA) is 38.9 Å². The first-order valence-electron chi connectivity index (χ1n) is 4.55. The van der Waals surface area contributed by atoms with Gasteiger partial charge in [0, 0.05) is 5.39 Å². The minimum atomic E-state index is -0.230. The number of halogens is 1. The highest BCUT2D eigenvalue weighted by Gasteiger charge is 2.03. The molecule has 0 amide bonds. The van der Waals surface area contributed by atoms with Gasteiger partial charge in [-0.15, -0.1) is 0 Å². The normalized spacial score (nSPS) is 10.7. The number of aromatic nitrogens is 1. The molecular formula is C11H11FN2. The zero-order valence-corrected chi connectivity index (χ0v) is 7.92. The third kappa shape index (κ3) is 1.41. The molecule has 0 fully saturated rings. The Balaban J connectivity index is 2.77. The molecule has 72 valence electrons. The van der Waals surface area contributed by atoms with Crippen LogP contribution in [0.2, 0.25) is 0 Å². The van der Waals surface area contributed by atoms with Crippen LogP contribution in [0.15, 0.2) is 24.3 Å². The predicted octanol–water partition coefficient (Wildman–Crippen LogP) is 2.52. The van der Waals surface area contributed by atoms with E-state index in [0.717, 1.165) is 12.0 Å². The van der Waals surface area contributed by atoms with E-state index in [2.05, 4.69) is 4.98 Å². The van der Waals surface area contributed by atoms with Crippen molar-refractivity contribution in [3.05, 3.63) is 35.6 Å². The van der Waals surface area contributed by atoms with E-state index < -0.39 is 0 Å². The number of hydrogen-bond donors (Lipinski definition) is 1. The number of nitrogens with two attached hydrogens (primary N) is 1. The quantitative estimate of drug-likeness (QED) is 0.750. The van der Waals surface area contributed by atoms with Crippen LogP contribution in [0.5, 0.6) is 0 Å². The van der Waals surface area contributed by atoms with Gasteiger partial charge in [0.25, 0.3) is 0 Å². The lowest BCUT2D eigenvalue weighted by Crippen LogP contribution is -1.93. The summed E-state index contributed by atoms with van der Waals surface area (Å²) in [5, 5.41) is 0.524. The van der Waals surface area contributed by atoms with Crippen molar-refractivity contribution in [1.82, 2.24) is 4.98 Å². The molecule has 3 heteroatoms. The number of anilines is 1. The van der Waals surface area contributed by atoms with E-state index in [4.69, 9.17) is 5.73 Å². The molecule has 0 unspecified atom stereocenters. The molecule has 0 bridgehead atoms. The van der Waals surface area contributed by atoms with E-state index in [9.17, 15) is 4.39 Å². The summed E-state index contributed by atoms with van der Waals surface area (Å²) < 4.78 is 13.5. The molecule has 0 aliphatic carbocycles. The number of pyridine rings is 1. The first-order chi connectivity index (χ1) is 6.70. The van der Waals surface area contributed by atoms with E-state index in [-0.39, 0.29) is 5.82 Å². The zero-order valence-electron chi connectivity index (χ0n) is 7.92. The number of hydrogen-bond acceptors (Lipinski definition) is 2. The summed E-state index contributed by atoms with van der Waals surface area (Å²) in [6.45, 7) is 1.98. The standard InChI is InChI=1S/C11H11FN2/c1-2-7-5-9(12)8-3-4-11(13)14-10(8)6-7/h3-6H,2H2,1H3,(H2,13,14). The first kappa shape index (κ1) is 8.94. The molecule has 1 aromatic heterocycles. The minimum absolute atomic E-state index is 0.230. The molecule has 2 aromatic rings. The van der Waals surface area contributed by atoms with Crippen molar-refractivity contribution in [3.63, 3.8) is 0 Å². The Morgan fingerprint density at radius 3 is 2.86 bits per heavy atom. The predicted molar refractivity (Wildman–Crippen MR) is 55.5 cm³/mol. The molecule has 1 aromatic carbocycles. The van der Waals surface area contributed by atoms with Gasteiger partial charge in [0.15, 0.2) is 0 Å². The van der Waals surface area contributed by atoms with Crippen LogP contribution < -0.4 is 5.73 Å². The summed E-state index contributed by atoms with van der Waals surface area (Å²) in [5.74, 6) is 0.192. The van der Waals surface area contributed by atoms with Crippen LogP contribution in [0.4, 0.5) is 10.2 Å². The van der Waals surface area contributed by atoms with Gasteiger partial charge in [0.1, 0.15) is 11.6 Å². The zero-order chi connectivity index (χ0) is 10.1. The smallest absolute Gasteiger partial charge is 0.132 e. The van der Waals surface area contributed by atoms with Gasteiger partial charge in [-0.05, 0) is 36.2 Å². The Hall–Kier alpha value is -1.64. The highest BCUT2D eigenvalue weighted by Crippen LogP contribution is 2.19. The second-order valence-electron chi connectivity index (χ2n) is 3.23. The maximum atomic E-state index is 13.5. The highest BCUT2D eigenvalue weighted by atomic mass is 19.1. The van der Waals surface area contributed by atoms with Crippen LogP contribution in [-0.4, -0.2) is 4.98 Å². The second kappa shape index (κ2) is 3.25. The average Bonchev–Trinajstić information content (AvgIpc) is 2.16. The molecule has 0 saturated heterocycles. The molecule has 0 aliphatic heterocycles. The van der Waals surface area contributed by atoms with Crippen LogP contribution in [0, 0.1) is 5.82 Å². The Morgan fingerprint density at radius 1 is 1.36 bits per heavy atom. The average molecular weight is 190 g/mol. The van der Waals surface area contributed by atoms with Gasteiger partial charge in [0.2, 0.25) is 0 Å². The molecule has 2 nitrogen and oxygen atoms in total. The molecule has 2 N–H and O–H groups in total. The van der Waals surface area contributed by atoms with E-state index in [1.807, 2.05) is 13.0 Å². The van der Waals surface area contributed by atoms with Crippen molar-refractivity contribution in [2.75, 3.05) is 5.73 Å². The highest BCUT2D eigenvalue weighted by molar-refractivity contribution is 5.81. The Morgan fingerprint density at radius 2 is 2.14 bits per heavy atom. The van der Waals surface area contributed by atoms with Gasteiger partial charge in [0.05, 0.1) is 5.52 Å². The van der Waals surface area contributed by atoms with Crippen molar-refractivity contribution in [2.45, 2.75) is 13.3 Å². The van der Waals surface area contributed by atoms with Gasteiger partial charge in [-0.1, -0.05) is 6.92 Å². The third-order valence-electron chi connectivity index (χ3n) is 2.25. The Kier molecular flexibility index (Phi) is 2.08. The van der Waals surface area contributed by atoms with E-state index in [1.54, 1.807) is 18.2 Å². The van der Waals surface area contributed by atoms with Crippen LogP contribution in [0.25, 0.3) is 10.9 Å². The summed E-state index contributed by atoms with van der Waals surface area (Å²) in [7, 11) is 0. The molecule has 1 heterocycles. The van der Waals surface area contributed by atoms with Crippen LogP contribution in [-0.2, 0) is 6.42 Å². The molecule has 0 aliphatic rings. The number of fused-ring (bicyclic) bond motifs is 1. The fraction of sp³-hybridized carbons (Fsp3) is 0.182. The van der Waals surface area contributed by atoms with Crippen molar-refractivity contribution in [1.29, 1.82) is 0 Å². The summed E-state index contributed by atoms with van der Waals surface area (Å²) >= 11 is 0. The van der Waals surface area contributed by atoms with Crippen molar-refractivity contribution in [2.24, 2.45) is 0 Å². The first-order valence-corrected chi connectivity index (χ1v) is 4.55. The molecule has 0 saturated carbocycles. The summed E-state index contributed by atoms with van der Waals surface area (Å²) in [6.07, 6.45) is 0.795. The van der Waals surface area contributed by atoms with Crippen molar-refractivity contribution >= 4 is 16.7 Å². The number of rotatable bonds is 1. The number of nitrogens with zero attached hydrogens (tertiary/aromatic N) is 1. The van der Waals surface area contributed by atoms with Gasteiger partial charge in [-0.3, -0.25) is 0 Å². The molecular weight excluding hydrogens is 179 g/mol. The monoisotopic (exact) mass is 190 g/mol. The lowest BCUT2D eigenvalue weighted by Gasteiger charge is -2.03. The largest absolute Gasteiger partial charge is 0.384 e. The number of nitrogen functional groups attached to an aromatic ring is 1. The van der Waals surface area contributed by atoms with Crippen LogP contribution in [0.3, 0.4) is 0 Å². The third-order valence-corrected chi connectivity index (χ3v) is 2.25. The molecule has 0 atom stereocenters. The van der Waals surface area contributed by atoms with Gasteiger partial charge in [-0.2, -0.15) is 0 Å². The number of benzene rings is 1. The fourth-order valence-electron chi connectivity index (χ4n) is 1.46. The lowest BCUT2D eigenvalue weighted by molar-refractivity contribution is 0.637. The second-order valence-corrected chi connectivity index (χ2v) is 3.23. The maximum absolute atomic E-state index is 13.5. The van der Waals surface area contributed by atoms with Gasteiger partial charge >= 0.3 is 0 Å². The lowest BCUT2D eigenvalue weighted by atomic mass is 10.1. The fourth-order valence-corrected chi connectivity index (χ4v) is 1.46. The molecule has 0 spiro atoms.